The van der Waals surface area contributed by atoms with Gasteiger partial charge in [-0.1, -0.05) is 17.8 Å². The Morgan fingerprint density at radius 1 is 1.50 bits per heavy atom. The van der Waals surface area contributed by atoms with Gasteiger partial charge >= 0.3 is 0 Å². The number of thiazole rings is 1. The Kier molecular flexibility index (Phi) is 5.91. The molecule has 1 heterocycles. The van der Waals surface area contributed by atoms with Gasteiger partial charge in [-0.15, -0.1) is 11.3 Å². The summed E-state index contributed by atoms with van der Waals surface area (Å²) >= 11 is 3.24. The first-order valence-corrected chi connectivity index (χ1v) is 8.50. The smallest absolute Gasteiger partial charge is 0.273 e. The zero-order valence-corrected chi connectivity index (χ0v) is 13.6. The first-order valence-electron chi connectivity index (χ1n) is 6.64. The number of nitro benzene ring substituents is 1. The molecule has 116 valence electrons. The van der Waals surface area contributed by atoms with E-state index in [1.54, 1.807) is 42.3 Å². The summed E-state index contributed by atoms with van der Waals surface area (Å²) in [5, 5.41) is 15.6. The van der Waals surface area contributed by atoms with E-state index >= 15 is 0 Å². The Morgan fingerprint density at radius 3 is 3.00 bits per heavy atom. The SMILES string of the molecule is Cc1c(C(=O)NCCCSc2nccs2)cccc1[N+](=O)[O-]. The number of carbonyl (C=O) groups excluding carboxylic acids is 1. The van der Waals surface area contributed by atoms with E-state index in [9.17, 15) is 14.9 Å². The largest absolute Gasteiger partial charge is 0.352 e. The Morgan fingerprint density at radius 2 is 2.32 bits per heavy atom. The van der Waals surface area contributed by atoms with E-state index in [0.29, 0.717) is 17.7 Å². The van der Waals surface area contributed by atoms with Crippen LogP contribution in [0.25, 0.3) is 0 Å². The van der Waals surface area contributed by atoms with Gasteiger partial charge in [-0.2, -0.15) is 0 Å². The Balaban J connectivity index is 1.82. The van der Waals surface area contributed by atoms with Crippen molar-refractivity contribution in [1.29, 1.82) is 0 Å². The molecule has 1 aromatic heterocycles. The summed E-state index contributed by atoms with van der Waals surface area (Å²) in [7, 11) is 0. The van der Waals surface area contributed by atoms with Crippen molar-refractivity contribution in [3.05, 3.63) is 51.0 Å². The van der Waals surface area contributed by atoms with Crippen LogP contribution in [0.1, 0.15) is 22.3 Å². The highest BCUT2D eigenvalue weighted by Gasteiger charge is 2.17. The highest BCUT2D eigenvalue weighted by atomic mass is 32.2. The van der Waals surface area contributed by atoms with Gasteiger partial charge in [-0.05, 0) is 19.4 Å². The van der Waals surface area contributed by atoms with E-state index in [4.69, 9.17) is 0 Å². The maximum Gasteiger partial charge on any atom is 0.273 e. The molecule has 0 spiro atoms. The maximum atomic E-state index is 12.1. The van der Waals surface area contributed by atoms with Gasteiger partial charge in [0.25, 0.3) is 11.6 Å². The van der Waals surface area contributed by atoms with Crippen molar-refractivity contribution < 1.29 is 9.72 Å². The van der Waals surface area contributed by atoms with Gasteiger partial charge < -0.3 is 5.32 Å². The summed E-state index contributed by atoms with van der Waals surface area (Å²) in [5.74, 6) is 0.585. The molecule has 0 radical (unpaired) electrons. The molecule has 6 nitrogen and oxygen atoms in total. The van der Waals surface area contributed by atoms with E-state index in [0.717, 1.165) is 16.5 Å². The van der Waals surface area contributed by atoms with Gasteiger partial charge in [-0.25, -0.2) is 4.98 Å². The molecule has 0 aliphatic heterocycles. The molecule has 2 aromatic rings. The second kappa shape index (κ2) is 7.90. The zero-order chi connectivity index (χ0) is 15.9. The lowest BCUT2D eigenvalue weighted by atomic mass is 10.1. The summed E-state index contributed by atoms with van der Waals surface area (Å²) in [4.78, 5) is 26.6. The number of nitrogens with zero attached hydrogens (tertiary/aromatic N) is 2. The molecule has 0 unspecified atom stereocenters. The minimum absolute atomic E-state index is 0.0352. The molecular weight excluding hydrogens is 322 g/mol. The van der Waals surface area contributed by atoms with E-state index in [1.165, 1.54) is 12.1 Å². The van der Waals surface area contributed by atoms with Gasteiger partial charge in [0.15, 0.2) is 0 Å². The summed E-state index contributed by atoms with van der Waals surface area (Å²) in [6.45, 7) is 2.12. The van der Waals surface area contributed by atoms with E-state index in [-0.39, 0.29) is 11.6 Å². The number of nitro groups is 1. The number of hydrogen-bond donors (Lipinski definition) is 1. The number of aromatic nitrogens is 1. The summed E-state index contributed by atoms with van der Waals surface area (Å²) in [5.41, 5.74) is 0.705. The highest BCUT2D eigenvalue weighted by molar-refractivity contribution is 8.00. The van der Waals surface area contributed by atoms with Crippen LogP contribution in [0.3, 0.4) is 0 Å². The van der Waals surface area contributed by atoms with E-state index in [2.05, 4.69) is 10.3 Å². The highest BCUT2D eigenvalue weighted by Crippen LogP contribution is 2.22. The summed E-state index contributed by atoms with van der Waals surface area (Å²) < 4.78 is 1.01. The molecule has 2 rings (SSSR count). The van der Waals surface area contributed by atoms with Crippen LogP contribution in [-0.4, -0.2) is 28.1 Å². The van der Waals surface area contributed by atoms with Gasteiger partial charge in [0, 0.05) is 41.1 Å². The van der Waals surface area contributed by atoms with Crippen molar-refractivity contribution in [3.8, 4) is 0 Å². The lowest BCUT2D eigenvalue weighted by Gasteiger charge is -2.07. The Bertz CT molecular complexity index is 659. The fraction of sp³-hybridized carbons (Fsp3) is 0.286. The minimum Gasteiger partial charge on any atom is -0.352 e. The molecule has 0 aliphatic rings. The summed E-state index contributed by atoms with van der Waals surface area (Å²) in [6.07, 6.45) is 2.57. The van der Waals surface area contributed by atoms with Crippen LogP contribution in [0.15, 0.2) is 34.1 Å². The number of carbonyl (C=O) groups is 1. The van der Waals surface area contributed by atoms with Crippen LogP contribution in [-0.2, 0) is 0 Å². The average molecular weight is 337 g/mol. The Labute approximate surface area is 136 Å². The molecule has 0 fully saturated rings. The second-order valence-electron chi connectivity index (χ2n) is 4.46. The fourth-order valence-electron chi connectivity index (χ4n) is 1.88. The quantitative estimate of drug-likeness (QED) is 0.363. The predicted octanol–water partition coefficient (Wildman–Crippen LogP) is 3.27. The van der Waals surface area contributed by atoms with Crippen molar-refractivity contribution >= 4 is 34.7 Å². The summed E-state index contributed by atoms with van der Waals surface area (Å²) in [6, 6.07) is 4.52. The monoisotopic (exact) mass is 337 g/mol. The van der Waals surface area contributed by atoms with Gasteiger partial charge in [0.1, 0.15) is 4.34 Å². The third kappa shape index (κ3) is 4.28. The molecule has 1 aromatic carbocycles. The van der Waals surface area contributed by atoms with Crippen molar-refractivity contribution in [3.63, 3.8) is 0 Å². The minimum atomic E-state index is -0.475. The van der Waals surface area contributed by atoms with E-state index < -0.39 is 4.92 Å². The van der Waals surface area contributed by atoms with Crippen LogP contribution < -0.4 is 5.32 Å². The third-order valence-electron chi connectivity index (χ3n) is 2.99. The number of thioether (sulfide) groups is 1. The van der Waals surface area contributed by atoms with Crippen LogP contribution in [0, 0.1) is 17.0 Å². The van der Waals surface area contributed by atoms with Crippen LogP contribution in [0.2, 0.25) is 0 Å². The molecule has 22 heavy (non-hydrogen) atoms. The standard InChI is InChI=1S/C14H15N3O3S2/c1-10-11(4-2-5-12(10)17(19)20)13(18)15-6-3-8-21-14-16-7-9-22-14/h2,4-5,7,9H,3,6,8H2,1H3,(H,15,18). The third-order valence-corrected chi connectivity index (χ3v) is 5.04. The molecule has 0 saturated heterocycles. The molecule has 0 aliphatic carbocycles. The number of hydrogen-bond acceptors (Lipinski definition) is 6. The van der Waals surface area contributed by atoms with Gasteiger partial charge in [0.2, 0.25) is 0 Å². The van der Waals surface area contributed by atoms with E-state index in [1.807, 2.05) is 5.38 Å². The average Bonchev–Trinajstić information content (AvgIpc) is 3.00. The van der Waals surface area contributed by atoms with Crippen LogP contribution >= 0.6 is 23.1 Å². The van der Waals surface area contributed by atoms with Gasteiger partial charge in [0.05, 0.1) is 4.92 Å². The maximum absolute atomic E-state index is 12.1. The fourth-order valence-corrected chi connectivity index (χ4v) is 3.53. The number of nitrogens with one attached hydrogen (secondary N) is 1. The molecule has 0 saturated carbocycles. The number of rotatable bonds is 7. The lowest BCUT2D eigenvalue weighted by Crippen LogP contribution is -2.25. The molecular formula is C14H15N3O3S2. The van der Waals surface area contributed by atoms with Crippen LogP contribution in [0.5, 0.6) is 0 Å². The van der Waals surface area contributed by atoms with Crippen molar-refractivity contribution in [2.75, 3.05) is 12.3 Å². The van der Waals surface area contributed by atoms with Gasteiger partial charge in [-0.3, -0.25) is 14.9 Å². The predicted molar refractivity (Wildman–Crippen MR) is 87.6 cm³/mol. The van der Waals surface area contributed by atoms with Crippen molar-refractivity contribution in [2.24, 2.45) is 0 Å². The van der Waals surface area contributed by atoms with Crippen molar-refractivity contribution in [1.82, 2.24) is 10.3 Å². The molecule has 1 N–H and O–H groups in total. The van der Waals surface area contributed by atoms with Crippen molar-refractivity contribution in [2.45, 2.75) is 17.7 Å². The number of benzene rings is 1. The first kappa shape index (κ1) is 16.4. The number of amides is 1. The molecule has 0 atom stereocenters. The lowest BCUT2D eigenvalue weighted by molar-refractivity contribution is -0.385. The topological polar surface area (TPSA) is 85.1 Å². The molecule has 8 heteroatoms. The first-order chi connectivity index (χ1) is 10.6. The zero-order valence-electron chi connectivity index (χ0n) is 11.9. The van der Waals surface area contributed by atoms with Crippen LogP contribution in [0.4, 0.5) is 5.69 Å². The normalized spacial score (nSPS) is 10.4. The molecule has 0 bridgehead atoms. The Hall–Kier alpha value is -1.93. The second-order valence-corrected chi connectivity index (χ2v) is 6.70. The molecule has 1 amide bonds.